The van der Waals surface area contributed by atoms with Crippen LogP contribution in [0.15, 0.2) is 29.4 Å². The monoisotopic (exact) mass is 289 g/mol. The first kappa shape index (κ1) is 16.3. The normalized spacial score (nSPS) is 12.9. The average molecular weight is 289 g/mol. The molecular weight excluding hydrogens is 271 g/mol. The van der Waals surface area contributed by atoms with Gasteiger partial charge in [0.05, 0.1) is 6.54 Å². The Balaban J connectivity index is 2.94. The van der Waals surface area contributed by atoms with Gasteiger partial charge < -0.3 is 10.9 Å². The molecule has 0 radical (unpaired) electrons. The molecule has 0 saturated carbocycles. The lowest BCUT2D eigenvalue weighted by Crippen LogP contribution is -2.35. The molecule has 0 fully saturated rings. The summed E-state index contributed by atoms with van der Waals surface area (Å²) in [5, 5.41) is 11.6. The molecule has 20 heavy (non-hydrogen) atoms. The van der Waals surface area contributed by atoms with Crippen molar-refractivity contribution in [2.75, 3.05) is 13.1 Å². The summed E-state index contributed by atoms with van der Waals surface area (Å²) in [5.41, 5.74) is 6.57. The van der Waals surface area contributed by atoms with Gasteiger partial charge >= 0.3 is 6.18 Å². The number of benzene rings is 1. The van der Waals surface area contributed by atoms with Crippen LogP contribution in [0.2, 0.25) is 0 Å². The molecule has 112 valence electrons. The average Bonchev–Trinajstić information content (AvgIpc) is 2.37. The smallest absolute Gasteiger partial charge is 0.401 e. The molecule has 1 aromatic carbocycles. The van der Waals surface area contributed by atoms with Gasteiger partial charge in [-0.05, 0) is 18.5 Å². The predicted octanol–water partition coefficient (Wildman–Crippen LogP) is 2.56. The molecule has 1 rings (SSSR count). The summed E-state index contributed by atoms with van der Waals surface area (Å²) in [5.74, 6) is -0.107. The van der Waals surface area contributed by atoms with Crippen LogP contribution >= 0.6 is 0 Å². The van der Waals surface area contributed by atoms with Gasteiger partial charge in [0.15, 0.2) is 5.84 Å². The number of hydrogen-bond donors (Lipinski definition) is 2. The van der Waals surface area contributed by atoms with E-state index in [1.165, 1.54) is 4.90 Å². The van der Waals surface area contributed by atoms with Crippen molar-refractivity contribution in [2.45, 2.75) is 26.1 Å². The SMILES string of the molecule is CCCN(Cc1ccccc1C(N)=NO)CC(F)(F)F. The van der Waals surface area contributed by atoms with Crippen molar-refractivity contribution < 1.29 is 18.4 Å². The van der Waals surface area contributed by atoms with Crippen LogP contribution in [0, 0.1) is 0 Å². The van der Waals surface area contributed by atoms with Crippen LogP contribution in [-0.4, -0.2) is 35.2 Å². The van der Waals surface area contributed by atoms with E-state index in [4.69, 9.17) is 10.9 Å². The molecule has 0 atom stereocenters. The van der Waals surface area contributed by atoms with E-state index < -0.39 is 12.7 Å². The van der Waals surface area contributed by atoms with Gasteiger partial charge in [-0.25, -0.2) is 0 Å². The highest BCUT2D eigenvalue weighted by Crippen LogP contribution is 2.19. The molecule has 1 aromatic rings. The first-order chi connectivity index (χ1) is 9.37. The van der Waals surface area contributed by atoms with Crippen LogP contribution in [0.3, 0.4) is 0 Å². The van der Waals surface area contributed by atoms with Gasteiger partial charge in [-0.15, -0.1) is 0 Å². The Morgan fingerprint density at radius 3 is 2.55 bits per heavy atom. The third kappa shape index (κ3) is 5.08. The van der Waals surface area contributed by atoms with Crippen molar-refractivity contribution >= 4 is 5.84 Å². The minimum Gasteiger partial charge on any atom is -0.409 e. The van der Waals surface area contributed by atoms with E-state index in [1.807, 2.05) is 6.92 Å². The highest BCUT2D eigenvalue weighted by Gasteiger charge is 2.30. The minimum absolute atomic E-state index is 0.0970. The molecule has 0 aliphatic heterocycles. The predicted molar refractivity (Wildman–Crippen MR) is 70.6 cm³/mol. The Labute approximate surface area is 115 Å². The van der Waals surface area contributed by atoms with Crippen molar-refractivity contribution in [1.82, 2.24) is 4.90 Å². The van der Waals surface area contributed by atoms with Crippen molar-refractivity contribution in [3.05, 3.63) is 35.4 Å². The molecule has 0 aliphatic rings. The molecule has 0 unspecified atom stereocenters. The minimum atomic E-state index is -4.25. The molecule has 4 nitrogen and oxygen atoms in total. The maximum Gasteiger partial charge on any atom is 0.401 e. The van der Waals surface area contributed by atoms with Crippen LogP contribution < -0.4 is 5.73 Å². The number of oxime groups is 1. The molecule has 0 aromatic heterocycles. The van der Waals surface area contributed by atoms with Gasteiger partial charge in [-0.2, -0.15) is 13.2 Å². The van der Waals surface area contributed by atoms with Gasteiger partial charge in [-0.3, -0.25) is 4.90 Å². The van der Waals surface area contributed by atoms with E-state index in [9.17, 15) is 13.2 Å². The lowest BCUT2D eigenvalue weighted by molar-refractivity contribution is -0.147. The van der Waals surface area contributed by atoms with Crippen LogP contribution in [0.5, 0.6) is 0 Å². The van der Waals surface area contributed by atoms with Crippen LogP contribution in [0.1, 0.15) is 24.5 Å². The Hall–Kier alpha value is -1.76. The standard InChI is InChI=1S/C13H18F3N3O/c1-2-7-19(9-13(14,15)16)8-10-5-3-4-6-11(10)12(17)18-20/h3-6,20H,2,7-9H2,1H3,(H2,17,18). The van der Waals surface area contributed by atoms with Crippen molar-refractivity contribution in [2.24, 2.45) is 10.9 Å². The maximum atomic E-state index is 12.5. The first-order valence-electron chi connectivity index (χ1n) is 6.22. The summed E-state index contributed by atoms with van der Waals surface area (Å²) in [6.45, 7) is 1.26. The molecule has 0 amide bonds. The van der Waals surface area contributed by atoms with E-state index in [0.717, 1.165) is 0 Å². The number of amidine groups is 1. The van der Waals surface area contributed by atoms with E-state index in [-0.39, 0.29) is 12.4 Å². The maximum absolute atomic E-state index is 12.5. The number of rotatable bonds is 6. The molecule has 0 bridgehead atoms. The second-order valence-corrected chi connectivity index (χ2v) is 4.47. The van der Waals surface area contributed by atoms with Gasteiger partial charge in [0, 0.05) is 12.1 Å². The molecule has 0 saturated heterocycles. The summed E-state index contributed by atoms with van der Waals surface area (Å²) in [7, 11) is 0. The Morgan fingerprint density at radius 2 is 2.00 bits per heavy atom. The lowest BCUT2D eigenvalue weighted by atomic mass is 10.1. The van der Waals surface area contributed by atoms with Crippen LogP contribution in [0.25, 0.3) is 0 Å². The number of nitrogens with two attached hydrogens (primary N) is 1. The van der Waals surface area contributed by atoms with E-state index >= 15 is 0 Å². The fourth-order valence-corrected chi connectivity index (χ4v) is 1.99. The molecule has 3 N–H and O–H groups in total. The summed E-state index contributed by atoms with van der Waals surface area (Å²) >= 11 is 0. The molecule has 0 aliphatic carbocycles. The summed E-state index contributed by atoms with van der Waals surface area (Å²) in [6, 6.07) is 6.68. The summed E-state index contributed by atoms with van der Waals surface area (Å²) in [4.78, 5) is 1.30. The quantitative estimate of drug-likeness (QED) is 0.366. The fraction of sp³-hybridized carbons (Fsp3) is 0.462. The number of nitrogens with zero attached hydrogens (tertiary/aromatic N) is 2. The van der Waals surface area contributed by atoms with Crippen LogP contribution in [-0.2, 0) is 6.54 Å². The molecule has 7 heteroatoms. The number of halogens is 3. The molecular formula is C13H18F3N3O. The molecule has 0 spiro atoms. The van der Waals surface area contributed by atoms with Gasteiger partial charge in [0.2, 0.25) is 0 Å². The highest BCUT2D eigenvalue weighted by atomic mass is 19.4. The van der Waals surface area contributed by atoms with Gasteiger partial charge in [-0.1, -0.05) is 36.3 Å². The number of alkyl halides is 3. The lowest BCUT2D eigenvalue weighted by Gasteiger charge is -2.24. The fourth-order valence-electron chi connectivity index (χ4n) is 1.99. The summed E-state index contributed by atoms with van der Waals surface area (Å²) in [6.07, 6.45) is -3.64. The summed E-state index contributed by atoms with van der Waals surface area (Å²) < 4.78 is 37.6. The largest absolute Gasteiger partial charge is 0.409 e. The zero-order valence-electron chi connectivity index (χ0n) is 11.2. The van der Waals surface area contributed by atoms with E-state index in [1.54, 1.807) is 24.3 Å². The van der Waals surface area contributed by atoms with Crippen molar-refractivity contribution in [3.8, 4) is 0 Å². The Bertz CT molecular complexity index is 460. The second kappa shape index (κ2) is 7.14. The third-order valence-electron chi connectivity index (χ3n) is 2.74. The molecule has 0 heterocycles. The zero-order chi connectivity index (χ0) is 15.2. The Morgan fingerprint density at radius 1 is 1.35 bits per heavy atom. The van der Waals surface area contributed by atoms with Gasteiger partial charge in [0.25, 0.3) is 0 Å². The number of hydrogen-bond acceptors (Lipinski definition) is 3. The second-order valence-electron chi connectivity index (χ2n) is 4.47. The highest BCUT2D eigenvalue weighted by molar-refractivity contribution is 5.98. The Kier molecular flexibility index (Phi) is 5.82. The zero-order valence-corrected chi connectivity index (χ0v) is 11.2. The topological polar surface area (TPSA) is 61.8 Å². The van der Waals surface area contributed by atoms with Gasteiger partial charge in [0.1, 0.15) is 0 Å². The van der Waals surface area contributed by atoms with Crippen molar-refractivity contribution in [3.63, 3.8) is 0 Å². The third-order valence-corrected chi connectivity index (χ3v) is 2.74. The van der Waals surface area contributed by atoms with Crippen molar-refractivity contribution in [1.29, 1.82) is 0 Å². The van der Waals surface area contributed by atoms with E-state index in [0.29, 0.717) is 24.1 Å². The van der Waals surface area contributed by atoms with Crippen LogP contribution in [0.4, 0.5) is 13.2 Å². The first-order valence-corrected chi connectivity index (χ1v) is 6.22. The van der Waals surface area contributed by atoms with E-state index in [2.05, 4.69) is 5.16 Å².